The Bertz CT molecular complexity index is 1270. The van der Waals surface area contributed by atoms with Gasteiger partial charge in [0.05, 0.1) is 23.1 Å². The standard InChI is InChI=1S/C22H23N5O2S2/c1-4-18(20-11-8-14-30-20)26-31(28,29)22-15(2)25-27(16(22)3)21-13-12-19(23-24-21)17-9-6-5-7-10-17/h5-14,18,26H,4H2,1-3H3. The molecule has 4 rings (SSSR count). The number of nitrogens with one attached hydrogen (secondary N) is 1. The summed E-state index contributed by atoms with van der Waals surface area (Å²) in [6.07, 6.45) is 0.651. The number of thiophene rings is 1. The largest absolute Gasteiger partial charge is 0.244 e. The lowest BCUT2D eigenvalue weighted by Gasteiger charge is -2.16. The van der Waals surface area contributed by atoms with Crippen molar-refractivity contribution in [3.8, 4) is 17.1 Å². The normalized spacial score (nSPS) is 12.7. The van der Waals surface area contributed by atoms with Crippen molar-refractivity contribution < 1.29 is 8.42 Å². The highest BCUT2D eigenvalue weighted by Gasteiger charge is 2.28. The van der Waals surface area contributed by atoms with Gasteiger partial charge in [-0.2, -0.15) is 5.10 Å². The van der Waals surface area contributed by atoms with E-state index >= 15 is 0 Å². The van der Waals surface area contributed by atoms with Crippen LogP contribution in [0.1, 0.15) is 35.7 Å². The lowest BCUT2D eigenvalue weighted by atomic mass is 10.1. The molecule has 0 aliphatic carbocycles. The highest BCUT2D eigenvalue weighted by molar-refractivity contribution is 7.89. The topological polar surface area (TPSA) is 89.8 Å². The Morgan fingerprint density at radius 1 is 1.03 bits per heavy atom. The van der Waals surface area contributed by atoms with E-state index in [4.69, 9.17) is 0 Å². The minimum atomic E-state index is -3.77. The van der Waals surface area contributed by atoms with E-state index in [2.05, 4.69) is 20.0 Å². The number of aryl methyl sites for hydroxylation is 1. The molecule has 9 heteroatoms. The summed E-state index contributed by atoms with van der Waals surface area (Å²) in [5.41, 5.74) is 2.61. The van der Waals surface area contributed by atoms with Gasteiger partial charge in [-0.25, -0.2) is 17.8 Å². The second kappa shape index (κ2) is 8.70. The molecule has 0 saturated carbocycles. The van der Waals surface area contributed by atoms with Crippen molar-refractivity contribution in [3.63, 3.8) is 0 Å². The lowest BCUT2D eigenvalue weighted by molar-refractivity contribution is 0.552. The fraction of sp³-hybridized carbons (Fsp3) is 0.227. The van der Waals surface area contributed by atoms with Gasteiger partial charge in [0.1, 0.15) is 4.90 Å². The third-order valence-corrected chi connectivity index (χ3v) is 7.73. The Balaban J connectivity index is 1.66. The molecule has 1 atom stereocenters. The highest BCUT2D eigenvalue weighted by atomic mass is 32.2. The zero-order valence-electron chi connectivity index (χ0n) is 17.5. The summed E-state index contributed by atoms with van der Waals surface area (Å²) in [7, 11) is -3.77. The molecule has 0 radical (unpaired) electrons. The summed E-state index contributed by atoms with van der Waals surface area (Å²) in [5.74, 6) is 0.465. The Morgan fingerprint density at radius 3 is 2.42 bits per heavy atom. The Kier molecular flexibility index (Phi) is 5.99. The number of nitrogens with zero attached hydrogens (tertiary/aromatic N) is 4. The second-order valence-corrected chi connectivity index (χ2v) is 9.78. The van der Waals surface area contributed by atoms with Crippen molar-refractivity contribution in [3.05, 3.63) is 76.2 Å². The van der Waals surface area contributed by atoms with E-state index in [0.717, 1.165) is 16.1 Å². The first kappa shape index (κ1) is 21.4. The summed E-state index contributed by atoms with van der Waals surface area (Å²) in [4.78, 5) is 1.16. The summed E-state index contributed by atoms with van der Waals surface area (Å²) < 4.78 is 30.8. The molecule has 0 amide bonds. The van der Waals surface area contributed by atoms with E-state index < -0.39 is 10.0 Å². The number of rotatable bonds is 7. The molecule has 1 unspecified atom stereocenters. The third-order valence-electron chi connectivity index (χ3n) is 5.02. The summed E-state index contributed by atoms with van der Waals surface area (Å²) in [6.45, 7) is 5.38. The quantitative estimate of drug-likeness (QED) is 0.447. The van der Waals surface area contributed by atoms with Gasteiger partial charge >= 0.3 is 0 Å². The van der Waals surface area contributed by atoms with Crippen LogP contribution in [0.2, 0.25) is 0 Å². The third kappa shape index (κ3) is 4.30. The molecule has 0 aliphatic rings. The minimum absolute atomic E-state index is 0.177. The van der Waals surface area contributed by atoms with E-state index in [0.29, 0.717) is 23.6 Å². The fourth-order valence-electron chi connectivity index (χ4n) is 3.52. The van der Waals surface area contributed by atoms with Crippen LogP contribution in [0.4, 0.5) is 0 Å². The van der Waals surface area contributed by atoms with E-state index in [1.807, 2.05) is 60.8 Å². The number of aromatic nitrogens is 4. The molecule has 31 heavy (non-hydrogen) atoms. The van der Waals surface area contributed by atoms with Crippen LogP contribution in [-0.4, -0.2) is 28.4 Å². The summed E-state index contributed by atoms with van der Waals surface area (Å²) in [6, 6.07) is 17.0. The van der Waals surface area contributed by atoms with Crippen LogP contribution in [0.15, 0.2) is 64.9 Å². The number of hydrogen-bond acceptors (Lipinski definition) is 6. The maximum atomic E-state index is 13.2. The Morgan fingerprint density at radius 2 is 1.81 bits per heavy atom. The van der Waals surface area contributed by atoms with Gasteiger partial charge in [-0.3, -0.25) is 0 Å². The maximum Gasteiger partial charge on any atom is 0.244 e. The Hall–Kier alpha value is -2.88. The van der Waals surface area contributed by atoms with Crippen molar-refractivity contribution in [1.82, 2.24) is 24.7 Å². The van der Waals surface area contributed by atoms with Crippen LogP contribution in [0, 0.1) is 13.8 Å². The molecule has 0 bridgehead atoms. The molecule has 7 nitrogen and oxygen atoms in total. The van der Waals surface area contributed by atoms with Gasteiger partial charge in [-0.15, -0.1) is 21.5 Å². The number of sulfonamides is 1. The molecular formula is C22H23N5O2S2. The molecule has 3 heterocycles. The first-order chi connectivity index (χ1) is 14.9. The monoisotopic (exact) mass is 453 g/mol. The van der Waals surface area contributed by atoms with E-state index in [1.54, 1.807) is 19.9 Å². The van der Waals surface area contributed by atoms with Crippen LogP contribution in [-0.2, 0) is 10.0 Å². The van der Waals surface area contributed by atoms with Gasteiger partial charge in [-0.1, -0.05) is 43.3 Å². The van der Waals surface area contributed by atoms with Gasteiger partial charge in [0, 0.05) is 10.4 Å². The van der Waals surface area contributed by atoms with Crippen LogP contribution in [0.3, 0.4) is 0 Å². The fourth-order valence-corrected chi connectivity index (χ4v) is 6.15. The molecule has 160 valence electrons. The predicted octanol–water partition coefficient (Wildman–Crippen LogP) is 4.44. The highest BCUT2D eigenvalue weighted by Crippen LogP contribution is 2.27. The van der Waals surface area contributed by atoms with Crippen LogP contribution >= 0.6 is 11.3 Å². The molecule has 0 fully saturated rings. The smallest absolute Gasteiger partial charge is 0.216 e. The SMILES string of the molecule is CCC(NS(=O)(=O)c1c(C)nn(-c2ccc(-c3ccccc3)nn2)c1C)c1cccs1. The molecule has 3 aromatic heterocycles. The average molecular weight is 454 g/mol. The molecular weight excluding hydrogens is 430 g/mol. The molecule has 0 saturated heterocycles. The maximum absolute atomic E-state index is 13.2. The zero-order chi connectivity index (χ0) is 22.0. The first-order valence-electron chi connectivity index (χ1n) is 9.92. The van der Waals surface area contributed by atoms with Crippen LogP contribution < -0.4 is 4.72 Å². The van der Waals surface area contributed by atoms with E-state index in [9.17, 15) is 8.42 Å². The van der Waals surface area contributed by atoms with Crippen LogP contribution in [0.25, 0.3) is 17.1 Å². The summed E-state index contributed by atoms with van der Waals surface area (Å²) >= 11 is 1.54. The first-order valence-corrected chi connectivity index (χ1v) is 12.3. The molecule has 1 N–H and O–H groups in total. The molecule has 0 spiro atoms. The van der Waals surface area contributed by atoms with Crippen molar-refractivity contribution in [1.29, 1.82) is 0 Å². The van der Waals surface area contributed by atoms with Crippen molar-refractivity contribution in [2.45, 2.75) is 38.1 Å². The number of benzene rings is 1. The van der Waals surface area contributed by atoms with Crippen LogP contribution in [0.5, 0.6) is 0 Å². The van der Waals surface area contributed by atoms with Gasteiger partial charge in [0.25, 0.3) is 0 Å². The van der Waals surface area contributed by atoms with Gasteiger partial charge in [-0.05, 0) is 43.8 Å². The predicted molar refractivity (Wildman–Crippen MR) is 122 cm³/mol. The number of hydrogen-bond donors (Lipinski definition) is 1. The molecule has 4 aromatic rings. The van der Waals surface area contributed by atoms with Gasteiger partial charge < -0.3 is 0 Å². The molecule has 0 aliphatic heterocycles. The van der Waals surface area contributed by atoms with E-state index in [-0.39, 0.29) is 10.9 Å². The zero-order valence-corrected chi connectivity index (χ0v) is 19.1. The minimum Gasteiger partial charge on any atom is -0.216 e. The molecule has 1 aromatic carbocycles. The summed E-state index contributed by atoms with van der Waals surface area (Å²) in [5, 5.41) is 15.0. The van der Waals surface area contributed by atoms with E-state index in [1.165, 1.54) is 16.0 Å². The van der Waals surface area contributed by atoms with Gasteiger partial charge in [0.2, 0.25) is 10.0 Å². The van der Waals surface area contributed by atoms with Gasteiger partial charge in [0.15, 0.2) is 5.82 Å². The van der Waals surface area contributed by atoms with Crippen molar-refractivity contribution in [2.24, 2.45) is 0 Å². The average Bonchev–Trinajstić information content (AvgIpc) is 3.41. The second-order valence-electron chi connectivity index (χ2n) is 7.15. The Labute approximate surface area is 185 Å². The lowest BCUT2D eigenvalue weighted by Crippen LogP contribution is -2.28. The van der Waals surface area contributed by atoms with Crippen molar-refractivity contribution in [2.75, 3.05) is 0 Å². The van der Waals surface area contributed by atoms with Crippen molar-refractivity contribution >= 4 is 21.4 Å².